The van der Waals surface area contributed by atoms with E-state index < -0.39 is 0 Å². The lowest BCUT2D eigenvalue weighted by Gasteiger charge is -2.29. The zero-order valence-corrected chi connectivity index (χ0v) is 10.7. The van der Waals surface area contributed by atoms with Crippen LogP contribution in [0.15, 0.2) is 18.2 Å². The predicted molar refractivity (Wildman–Crippen MR) is 65.9 cm³/mol. The summed E-state index contributed by atoms with van der Waals surface area (Å²) in [4.78, 5) is 0. The van der Waals surface area contributed by atoms with Crippen LogP contribution in [0.1, 0.15) is 32.4 Å². The Morgan fingerprint density at radius 3 is 2.19 bits per heavy atom. The van der Waals surface area contributed by atoms with Crippen LogP contribution in [0.5, 0.6) is 11.5 Å². The zero-order chi connectivity index (χ0) is 12.3. The number of ether oxygens (including phenoxy) is 2. The van der Waals surface area contributed by atoms with Crippen LogP contribution in [0.2, 0.25) is 0 Å². The third kappa shape index (κ3) is 2.47. The van der Waals surface area contributed by atoms with Gasteiger partial charge in [0.2, 0.25) is 0 Å². The molecular formula is C13H21NO2. The average molecular weight is 223 g/mol. The number of methoxy groups -OCH3 is 2. The van der Waals surface area contributed by atoms with Gasteiger partial charge < -0.3 is 15.2 Å². The third-order valence-electron chi connectivity index (χ3n) is 2.70. The Morgan fingerprint density at radius 1 is 1.12 bits per heavy atom. The molecule has 0 radical (unpaired) electrons. The Bertz CT molecular complexity index is 355. The Balaban J connectivity index is 3.23. The quantitative estimate of drug-likeness (QED) is 0.857. The summed E-state index contributed by atoms with van der Waals surface area (Å²) in [5.41, 5.74) is 7.20. The maximum Gasteiger partial charge on any atom is 0.165 e. The van der Waals surface area contributed by atoms with Crippen molar-refractivity contribution in [1.82, 2.24) is 0 Å². The van der Waals surface area contributed by atoms with E-state index in [1.807, 2.05) is 18.2 Å². The molecule has 1 atom stereocenters. The normalized spacial score (nSPS) is 13.4. The number of hydrogen-bond donors (Lipinski definition) is 1. The number of benzene rings is 1. The molecule has 90 valence electrons. The summed E-state index contributed by atoms with van der Waals surface area (Å²) < 4.78 is 10.6. The third-order valence-corrected chi connectivity index (χ3v) is 2.70. The SMILES string of the molecule is COc1cccc([C@@H](N)C(C)(C)C)c1OC. The van der Waals surface area contributed by atoms with Gasteiger partial charge in [0, 0.05) is 11.6 Å². The van der Waals surface area contributed by atoms with Gasteiger partial charge in [-0.3, -0.25) is 0 Å². The van der Waals surface area contributed by atoms with Crippen LogP contribution in [0, 0.1) is 5.41 Å². The minimum absolute atomic E-state index is 0.0142. The van der Waals surface area contributed by atoms with E-state index in [-0.39, 0.29) is 11.5 Å². The molecule has 3 heteroatoms. The summed E-state index contributed by atoms with van der Waals surface area (Å²) in [6, 6.07) is 5.70. The molecule has 0 aromatic heterocycles. The van der Waals surface area contributed by atoms with Crippen LogP contribution in [0.4, 0.5) is 0 Å². The molecule has 0 aliphatic rings. The largest absolute Gasteiger partial charge is 0.493 e. The maximum atomic E-state index is 6.24. The number of nitrogens with two attached hydrogens (primary N) is 1. The molecule has 0 bridgehead atoms. The van der Waals surface area contributed by atoms with Crippen LogP contribution in [0.3, 0.4) is 0 Å². The highest BCUT2D eigenvalue weighted by Crippen LogP contribution is 2.39. The van der Waals surface area contributed by atoms with Crippen molar-refractivity contribution in [3.8, 4) is 11.5 Å². The lowest BCUT2D eigenvalue weighted by atomic mass is 9.82. The van der Waals surface area contributed by atoms with Crippen molar-refractivity contribution in [3.63, 3.8) is 0 Å². The molecule has 0 saturated carbocycles. The van der Waals surface area contributed by atoms with Crippen molar-refractivity contribution in [2.75, 3.05) is 14.2 Å². The van der Waals surface area contributed by atoms with Gasteiger partial charge in [-0.05, 0) is 11.5 Å². The van der Waals surface area contributed by atoms with Crippen molar-refractivity contribution in [3.05, 3.63) is 23.8 Å². The number of hydrogen-bond acceptors (Lipinski definition) is 3. The van der Waals surface area contributed by atoms with E-state index in [1.54, 1.807) is 14.2 Å². The molecule has 0 fully saturated rings. The molecule has 0 unspecified atom stereocenters. The van der Waals surface area contributed by atoms with Gasteiger partial charge in [-0.15, -0.1) is 0 Å². The maximum absolute atomic E-state index is 6.24. The molecule has 2 N–H and O–H groups in total. The second kappa shape index (κ2) is 4.74. The summed E-state index contributed by atoms with van der Waals surface area (Å²) in [6.07, 6.45) is 0. The molecule has 0 spiro atoms. The van der Waals surface area contributed by atoms with Crippen molar-refractivity contribution in [1.29, 1.82) is 0 Å². The first-order chi connectivity index (χ1) is 7.41. The molecule has 1 aromatic carbocycles. The van der Waals surface area contributed by atoms with Crippen LogP contribution >= 0.6 is 0 Å². The second-order valence-electron chi connectivity index (χ2n) is 4.93. The minimum atomic E-state index is -0.0856. The summed E-state index contributed by atoms with van der Waals surface area (Å²) in [6.45, 7) is 6.32. The van der Waals surface area contributed by atoms with Crippen LogP contribution in [0.25, 0.3) is 0 Å². The molecular weight excluding hydrogens is 202 g/mol. The summed E-state index contributed by atoms with van der Waals surface area (Å²) in [7, 11) is 3.26. The molecule has 0 saturated heterocycles. The van der Waals surface area contributed by atoms with Gasteiger partial charge in [0.25, 0.3) is 0 Å². The topological polar surface area (TPSA) is 44.5 Å². The van der Waals surface area contributed by atoms with Crippen molar-refractivity contribution in [2.24, 2.45) is 11.1 Å². The van der Waals surface area contributed by atoms with E-state index in [1.165, 1.54) is 0 Å². The second-order valence-corrected chi connectivity index (χ2v) is 4.93. The lowest BCUT2D eigenvalue weighted by molar-refractivity contribution is 0.305. The van der Waals surface area contributed by atoms with Gasteiger partial charge in [-0.1, -0.05) is 32.9 Å². The molecule has 3 nitrogen and oxygen atoms in total. The highest BCUT2D eigenvalue weighted by Gasteiger charge is 2.26. The van der Waals surface area contributed by atoms with Crippen LogP contribution < -0.4 is 15.2 Å². The van der Waals surface area contributed by atoms with Gasteiger partial charge in [0.1, 0.15) is 0 Å². The molecule has 1 aromatic rings. The number of rotatable bonds is 3. The van der Waals surface area contributed by atoms with Crippen LogP contribution in [-0.4, -0.2) is 14.2 Å². The zero-order valence-electron chi connectivity index (χ0n) is 10.7. The molecule has 0 amide bonds. The van der Waals surface area contributed by atoms with Gasteiger partial charge in [-0.2, -0.15) is 0 Å². The van der Waals surface area contributed by atoms with Gasteiger partial charge in [0.05, 0.1) is 14.2 Å². The summed E-state index contributed by atoms with van der Waals surface area (Å²) in [5, 5.41) is 0. The van der Waals surface area contributed by atoms with E-state index in [0.29, 0.717) is 0 Å². The molecule has 0 aliphatic carbocycles. The molecule has 1 rings (SSSR count). The van der Waals surface area contributed by atoms with Gasteiger partial charge >= 0.3 is 0 Å². The highest BCUT2D eigenvalue weighted by molar-refractivity contribution is 5.48. The lowest BCUT2D eigenvalue weighted by Crippen LogP contribution is -2.26. The Kier molecular flexibility index (Phi) is 3.81. The minimum Gasteiger partial charge on any atom is -0.493 e. The fraction of sp³-hybridized carbons (Fsp3) is 0.538. The molecule has 0 aliphatic heterocycles. The van der Waals surface area contributed by atoms with E-state index in [9.17, 15) is 0 Å². The van der Waals surface area contributed by atoms with E-state index in [2.05, 4.69) is 20.8 Å². The fourth-order valence-electron chi connectivity index (χ4n) is 1.62. The van der Waals surface area contributed by atoms with Crippen molar-refractivity contribution >= 4 is 0 Å². The predicted octanol–water partition coefficient (Wildman–Crippen LogP) is 2.75. The monoisotopic (exact) mass is 223 g/mol. The first-order valence-electron chi connectivity index (χ1n) is 5.38. The van der Waals surface area contributed by atoms with E-state index >= 15 is 0 Å². The van der Waals surface area contributed by atoms with E-state index in [4.69, 9.17) is 15.2 Å². The Hall–Kier alpha value is -1.22. The first kappa shape index (κ1) is 12.8. The standard InChI is InChI=1S/C13H21NO2/c1-13(2,3)12(14)9-7-6-8-10(15-4)11(9)16-5/h6-8,12H,14H2,1-5H3/t12-/m1/s1. The fourth-order valence-corrected chi connectivity index (χ4v) is 1.62. The first-order valence-corrected chi connectivity index (χ1v) is 5.38. The Labute approximate surface area is 97.6 Å². The Morgan fingerprint density at radius 2 is 1.75 bits per heavy atom. The van der Waals surface area contributed by atoms with Gasteiger partial charge in [0.15, 0.2) is 11.5 Å². The molecule has 16 heavy (non-hydrogen) atoms. The summed E-state index contributed by atoms with van der Waals surface area (Å²) in [5.74, 6) is 1.45. The average Bonchev–Trinajstić information content (AvgIpc) is 2.25. The van der Waals surface area contributed by atoms with Gasteiger partial charge in [-0.25, -0.2) is 0 Å². The van der Waals surface area contributed by atoms with Crippen LogP contribution in [-0.2, 0) is 0 Å². The van der Waals surface area contributed by atoms with Crippen molar-refractivity contribution < 1.29 is 9.47 Å². The van der Waals surface area contributed by atoms with Crippen molar-refractivity contribution in [2.45, 2.75) is 26.8 Å². The summed E-state index contributed by atoms with van der Waals surface area (Å²) >= 11 is 0. The molecule has 0 heterocycles. The smallest absolute Gasteiger partial charge is 0.165 e. The number of para-hydroxylation sites is 1. The van der Waals surface area contributed by atoms with E-state index in [0.717, 1.165) is 17.1 Å². The highest BCUT2D eigenvalue weighted by atomic mass is 16.5.